The summed E-state index contributed by atoms with van der Waals surface area (Å²) in [6, 6.07) is 0. The molecule has 0 aliphatic heterocycles. The molecule has 0 aromatic carbocycles. The van der Waals surface area contributed by atoms with Crippen molar-refractivity contribution in [1.29, 1.82) is 0 Å². The number of hydrogen-bond acceptors (Lipinski definition) is 6. The quantitative estimate of drug-likeness (QED) is 0.780. The molecule has 22 heavy (non-hydrogen) atoms. The topological polar surface area (TPSA) is 103 Å². The third-order valence-corrected chi connectivity index (χ3v) is 11.2. The summed E-state index contributed by atoms with van der Waals surface area (Å²) >= 11 is 0.893. The Morgan fingerprint density at radius 2 is 1.77 bits per heavy atom. The van der Waals surface area contributed by atoms with Crippen LogP contribution in [0, 0.1) is 0 Å². The van der Waals surface area contributed by atoms with Gasteiger partial charge in [0, 0.05) is 0 Å². The Bertz CT molecular complexity index is 640. The molecule has 1 heterocycles. The number of thiazole rings is 1. The SMILES string of the molecule is CC(C)(O)c1nc(CO[Si](C)(C)C(C)(C)C)c(S(N)(=O)=O)s1. The predicted molar refractivity (Wildman–Crippen MR) is 90.7 cm³/mol. The lowest BCUT2D eigenvalue weighted by Crippen LogP contribution is -2.40. The zero-order valence-electron chi connectivity index (χ0n) is 14.2. The van der Waals surface area contributed by atoms with Gasteiger partial charge in [-0.1, -0.05) is 20.8 Å². The normalized spacial score (nSPS) is 14.4. The molecule has 0 radical (unpaired) electrons. The lowest BCUT2D eigenvalue weighted by atomic mass is 10.2. The van der Waals surface area contributed by atoms with Crippen molar-refractivity contribution in [2.45, 2.75) is 69.2 Å². The molecular formula is C13H26N2O4S2Si. The number of aliphatic hydroxyl groups is 1. The van der Waals surface area contributed by atoms with E-state index >= 15 is 0 Å². The van der Waals surface area contributed by atoms with Crippen LogP contribution in [0.4, 0.5) is 0 Å². The monoisotopic (exact) mass is 366 g/mol. The second-order valence-corrected chi connectivity index (χ2v) is 15.0. The van der Waals surface area contributed by atoms with Crippen LogP contribution >= 0.6 is 11.3 Å². The van der Waals surface area contributed by atoms with Crippen molar-refractivity contribution in [2.75, 3.05) is 0 Å². The molecule has 0 aliphatic carbocycles. The van der Waals surface area contributed by atoms with E-state index in [2.05, 4.69) is 38.8 Å². The number of nitrogens with two attached hydrogens (primary N) is 1. The maximum Gasteiger partial charge on any atom is 0.249 e. The van der Waals surface area contributed by atoms with Crippen molar-refractivity contribution in [3.63, 3.8) is 0 Å². The molecule has 0 aliphatic rings. The number of rotatable bonds is 5. The van der Waals surface area contributed by atoms with Gasteiger partial charge in [0.1, 0.15) is 10.6 Å². The van der Waals surface area contributed by atoms with Crippen molar-refractivity contribution >= 4 is 29.7 Å². The highest BCUT2D eigenvalue weighted by molar-refractivity contribution is 7.91. The van der Waals surface area contributed by atoms with E-state index in [1.165, 1.54) is 0 Å². The lowest BCUT2D eigenvalue weighted by Gasteiger charge is -2.35. The van der Waals surface area contributed by atoms with Crippen molar-refractivity contribution in [1.82, 2.24) is 4.98 Å². The van der Waals surface area contributed by atoms with Gasteiger partial charge in [0.05, 0.1) is 12.3 Å². The van der Waals surface area contributed by atoms with E-state index in [0.29, 0.717) is 5.01 Å². The van der Waals surface area contributed by atoms with Crippen LogP contribution in [0.15, 0.2) is 4.21 Å². The molecule has 128 valence electrons. The molecule has 0 atom stereocenters. The molecule has 1 aromatic rings. The van der Waals surface area contributed by atoms with Gasteiger partial charge in [0.25, 0.3) is 0 Å². The Balaban J connectivity index is 3.17. The molecule has 0 fully saturated rings. The van der Waals surface area contributed by atoms with E-state index in [9.17, 15) is 13.5 Å². The first-order chi connectivity index (χ1) is 9.56. The van der Waals surface area contributed by atoms with Crippen molar-refractivity contribution in [3.8, 4) is 0 Å². The van der Waals surface area contributed by atoms with Gasteiger partial charge in [0.15, 0.2) is 12.5 Å². The van der Waals surface area contributed by atoms with Crippen molar-refractivity contribution in [2.24, 2.45) is 5.14 Å². The summed E-state index contributed by atoms with van der Waals surface area (Å²) in [6.45, 7) is 13.6. The number of primary sulfonamides is 1. The Morgan fingerprint density at radius 1 is 1.27 bits per heavy atom. The predicted octanol–water partition coefficient (Wildman–Crippen LogP) is 2.54. The van der Waals surface area contributed by atoms with E-state index in [1.807, 2.05) is 0 Å². The van der Waals surface area contributed by atoms with Gasteiger partial charge in [-0.3, -0.25) is 0 Å². The summed E-state index contributed by atoms with van der Waals surface area (Å²) < 4.78 is 29.5. The fourth-order valence-corrected chi connectivity index (χ4v) is 4.25. The van der Waals surface area contributed by atoms with E-state index in [0.717, 1.165) is 11.3 Å². The largest absolute Gasteiger partial charge is 0.411 e. The van der Waals surface area contributed by atoms with Crippen LogP contribution in [-0.4, -0.2) is 26.8 Å². The zero-order valence-corrected chi connectivity index (χ0v) is 16.9. The van der Waals surface area contributed by atoms with E-state index in [4.69, 9.17) is 9.56 Å². The fourth-order valence-electron chi connectivity index (χ4n) is 1.38. The second-order valence-electron chi connectivity index (χ2n) is 7.41. The van der Waals surface area contributed by atoms with Crippen molar-refractivity contribution < 1.29 is 18.0 Å². The highest BCUT2D eigenvalue weighted by Crippen LogP contribution is 2.38. The smallest absolute Gasteiger partial charge is 0.249 e. The van der Waals surface area contributed by atoms with Gasteiger partial charge >= 0.3 is 0 Å². The first-order valence-electron chi connectivity index (χ1n) is 6.95. The Kier molecular flexibility index (Phi) is 5.34. The summed E-state index contributed by atoms with van der Waals surface area (Å²) in [4.78, 5) is 4.24. The number of sulfonamides is 1. The zero-order chi connectivity index (χ0) is 17.6. The summed E-state index contributed by atoms with van der Waals surface area (Å²) in [6.07, 6.45) is 0. The minimum Gasteiger partial charge on any atom is -0.411 e. The molecule has 0 saturated carbocycles. The molecule has 0 saturated heterocycles. The van der Waals surface area contributed by atoms with Crippen LogP contribution in [0.1, 0.15) is 45.3 Å². The average molecular weight is 367 g/mol. The summed E-state index contributed by atoms with van der Waals surface area (Å²) in [5.41, 5.74) is -0.950. The van der Waals surface area contributed by atoms with Crippen LogP contribution < -0.4 is 5.14 Å². The maximum absolute atomic E-state index is 11.7. The van der Waals surface area contributed by atoms with Gasteiger partial charge in [-0.15, -0.1) is 11.3 Å². The van der Waals surface area contributed by atoms with E-state index < -0.39 is 23.9 Å². The highest BCUT2D eigenvalue weighted by Gasteiger charge is 2.38. The minimum absolute atomic E-state index is 0.00382. The van der Waals surface area contributed by atoms with Crippen LogP contribution in [0.3, 0.4) is 0 Å². The molecule has 0 amide bonds. The Labute approximate surface area is 137 Å². The minimum atomic E-state index is -3.90. The lowest BCUT2D eigenvalue weighted by molar-refractivity contribution is 0.0779. The van der Waals surface area contributed by atoms with Gasteiger partial charge in [0.2, 0.25) is 10.0 Å². The van der Waals surface area contributed by atoms with Crippen LogP contribution in [0.2, 0.25) is 18.1 Å². The molecule has 1 rings (SSSR count). The first-order valence-corrected chi connectivity index (χ1v) is 12.2. The molecule has 9 heteroatoms. The first kappa shape index (κ1) is 19.7. The summed E-state index contributed by atoms with van der Waals surface area (Å²) in [5, 5.41) is 15.6. The number of aromatic nitrogens is 1. The molecular weight excluding hydrogens is 340 g/mol. The fraction of sp³-hybridized carbons (Fsp3) is 0.769. The maximum atomic E-state index is 11.7. The van der Waals surface area contributed by atoms with E-state index in [-0.39, 0.29) is 21.5 Å². The van der Waals surface area contributed by atoms with E-state index in [1.54, 1.807) is 13.8 Å². The Hall–Kier alpha value is -0.323. The summed E-state index contributed by atoms with van der Waals surface area (Å²) in [7, 11) is -5.94. The molecule has 1 aromatic heterocycles. The second kappa shape index (κ2) is 5.95. The average Bonchev–Trinajstić information content (AvgIpc) is 2.67. The van der Waals surface area contributed by atoms with Crippen LogP contribution in [0.25, 0.3) is 0 Å². The van der Waals surface area contributed by atoms with Gasteiger partial charge in [-0.05, 0) is 32.0 Å². The van der Waals surface area contributed by atoms with Crippen molar-refractivity contribution in [3.05, 3.63) is 10.7 Å². The third kappa shape index (κ3) is 4.59. The summed E-state index contributed by atoms with van der Waals surface area (Å²) in [5.74, 6) is 0. The highest BCUT2D eigenvalue weighted by atomic mass is 32.2. The van der Waals surface area contributed by atoms with Gasteiger partial charge in [-0.25, -0.2) is 18.5 Å². The third-order valence-electron chi connectivity index (χ3n) is 3.82. The Morgan fingerprint density at radius 3 is 2.14 bits per heavy atom. The molecule has 6 nitrogen and oxygen atoms in total. The molecule has 0 spiro atoms. The van der Waals surface area contributed by atoms with Gasteiger partial charge < -0.3 is 9.53 Å². The van der Waals surface area contributed by atoms with Crippen LogP contribution in [-0.2, 0) is 26.7 Å². The molecule has 0 unspecified atom stereocenters. The standard InChI is InChI=1S/C13H26N2O4S2Si/c1-12(2,3)22(6,7)19-8-9-10(21(14,17)18)20-11(15-9)13(4,5)16/h16H,8H2,1-7H3,(H2,14,17,18). The van der Waals surface area contributed by atoms with Gasteiger partial charge in [-0.2, -0.15) is 0 Å². The molecule has 3 N–H and O–H groups in total. The number of nitrogens with zero attached hydrogens (tertiary/aromatic N) is 1. The van der Waals surface area contributed by atoms with Crippen LogP contribution in [0.5, 0.6) is 0 Å². The number of hydrogen-bond donors (Lipinski definition) is 2. The molecule has 0 bridgehead atoms.